The predicted octanol–water partition coefficient (Wildman–Crippen LogP) is 5.71. The molecule has 0 spiro atoms. The number of alkyl halides is 2. The quantitative estimate of drug-likeness (QED) is 0.231. The number of halogens is 2. The van der Waals surface area contributed by atoms with Gasteiger partial charge in [0, 0.05) is 17.3 Å². The number of hydrogen-bond acceptors (Lipinski definition) is 8. The molecule has 45 heavy (non-hydrogen) atoms. The molecule has 1 aromatic rings. The lowest BCUT2D eigenvalue weighted by Crippen LogP contribution is -2.68. The van der Waals surface area contributed by atoms with Crippen molar-refractivity contribution < 1.29 is 47.3 Å². The molecule has 4 aliphatic carbocycles. The highest BCUT2D eigenvalue weighted by molar-refractivity contribution is 8.13. The van der Waals surface area contributed by atoms with Crippen molar-refractivity contribution >= 4 is 43.8 Å². The number of rotatable bonds is 5. The van der Waals surface area contributed by atoms with Gasteiger partial charge < -0.3 is 19.4 Å². The first-order chi connectivity index (χ1) is 20.9. The molecular weight excluding hydrogens is 625 g/mol. The molecule has 0 radical (unpaired) electrons. The highest BCUT2D eigenvalue weighted by Gasteiger charge is 2.71. The Balaban J connectivity index is 0.000000501. The van der Waals surface area contributed by atoms with E-state index in [-0.39, 0.29) is 46.3 Å². The fraction of sp³-hybridized carbons (Fsp3) is 0.576. The van der Waals surface area contributed by atoms with E-state index in [2.05, 4.69) is 25.7 Å². The van der Waals surface area contributed by atoms with Crippen LogP contribution in [0.2, 0.25) is 0 Å². The number of carboxylic acids is 1. The summed E-state index contributed by atoms with van der Waals surface area (Å²) in [6.07, 6.45) is 8.38. The van der Waals surface area contributed by atoms with E-state index in [0.29, 0.717) is 24.8 Å². The van der Waals surface area contributed by atoms with Gasteiger partial charge >= 0.3 is 11.9 Å². The smallest absolute Gasteiger partial charge is 0.371 e. The zero-order valence-electron chi connectivity index (χ0n) is 25.7. The highest BCUT2D eigenvalue weighted by Crippen LogP contribution is 2.69. The Hall–Kier alpha value is -2.80. The molecule has 0 aliphatic heterocycles. The van der Waals surface area contributed by atoms with Gasteiger partial charge in [-0.1, -0.05) is 24.8 Å². The fourth-order valence-electron chi connectivity index (χ4n) is 7.83. The third-order valence-electron chi connectivity index (χ3n) is 9.84. The number of carboxylic acid groups (broad SMARTS) is 1. The maximum atomic E-state index is 17.2. The van der Waals surface area contributed by atoms with Gasteiger partial charge in [0.2, 0.25) is 5.76 Å². The first-order valence-electron chi connectivity index (χ1n) is 14.8. The second kappa shape index (κ2) is 13.1. The lowest BCUT2D eigenvalue weighted by Gasteiger charge is -2.63. The number of esters is 1. The van der Waals surface area contributed by atoms with Crippen LogP contribution in [0.25, 0.3) is 0 Å². The molecule has 7 unspecified atom stereocenters. The standard InChI is InChI=1S/C28H35F2O5PS.C5H4O3/c1-25(2,29)15-23(33)35-10-5-11-37-24(34)18-7-6-17-19-13-21(36)20-12-16(31)8-9-27(20,4)28(19,30)22(32)14-26(17,18)3;6-5(7)4-2-1-3-8-4/h8-9,12,17-19,21-22,32H,6-7,11,13-15,36H2,1-4H3;1-3H,(H,6,7)/t17?,18?,19?,21-,22?,26?,27?,28-;/m0./s1. The molecule has 1 aromatic heterocycles. The zero-order valence-corrected chi connectivity index (χ0v) is 27.7. The molecule has 1 heterocycles. The Labute approximate surface area is 268 Å². The van der Waals surface area contributed by atoms with Gasteiger partial charge in [-0.25, -0.2) is 13.6 Å². The maximum Gasteiger partial charge on any atom is 0.371 e. The number of fused-ring (bicyclic) bond motifs is 5. The normalized spacial score (nSPS) is 34.9. The zero-order chi connectivity index (χ0) is 33.4. The van der Waals surface area contributed by atoms with Crippen molar-refractivity contribution in [2.75, 3.05) is 5.75 Å². The number of allylic oxidation sites excluding steroid dienone is 4. The van der Waals surface area contributed by atoms with E-state index in [9.17, 15) is 28.7 Å². The van der Waals surface area contributed by atoms with Crippen LogP contribution in [0.1, 0.15) is 70.4 Å². The van der Waals surface area contributed by atoms with Crippen molar-refractivity contribution in [1.82, 2.24) is 0 Å². The molecule has 5 rings (SSSR count). The molecule has 0 bridgehead atoms. The first-order valence-corrected chi connectivity index (χ1v) is 16.5. The van der Waals surface area contributed by atoms with Gasteiger partial charge in [-0.3, -0.25) is 14.4 Å². The molecule has 4 aliphatic rings. The van der Waals surface area contributed by atoms with Crippen LogP contribution in [-0.2, 0) is 19.1 Å². The number of carbonyl (C=O) groups is 4. The van der Waals surface area contributed by atoms with E-state index < -0.39 is 52.5 Å². The van der Waals surface area contributed by atoms with Crippen molar-refractivity contribution in [2.45, 2.75) is 82.9 Å². The highest BCUT2D eigenvalue weighted by atomic mass is 32.2. The number of carbonyl (C=O) groups excluding carboxylic acids is 3. The van der Waals surface area contributed by atoms with Crippen molar-refractivity contribution in [1.29, 1.82) is 0 Å². The van der Waals surface area contributed by atoms with Gasteiger partial charge in [0.05, 0.1) is 24.5 Å². The largest absolute Gasteiger partial charge is 0.475 e. The summed E-state index contributed by atoms with van der Waals surface area (Å²) < 4.78 is 39.9. The molecule has 3 saturated carbocycles. The van der Waals surface area contributed by atoms with Crippen LogP contribution in [0.5, 0.6) is 0 Å². The van der Waals surface area contributed by atoms with E-state index in [4.69, 9.17) is 9.84 Å². The summed E-state index contributed by atoms with van der Waals surface area (Å²) in [5.41, 5.74) is -4.64. The lowest BCUT2D eigenvalue weighted by molar-refractivity contribution is -0.193. The number of aliphatic hydroxyl groups excluding tert-OH is 1. The maximum absolute atomic E-state index is 17.2. The fourth-order valence-corrected chi connectivity index (χ4v) is 9.42. The molecular formula is C33H39F2O8PS. The number of ether oxygens (including phenoxy) is 1. The van der Waals surface area contributed by atoms with Crippen LogP contribution in [-0.4, -0.2) is 61.9 Å². The average Bonchev–Trinajstić information content (AvgIpc) is 3.59. The molecule has 0 aromatic carbocycles. The molecule has 9 atom stereocenters. The summed E-state index contributed by atoms with van der Waals surface area (Å²) in [5.74, 6) is -0.143. The Kier molecular flexibility index (Phi) is 10.2. The SMILES string of the molecule is CC(C)(F)CC(=O)OC#CCSC(=O)C1CCC2C3C[C@H](P)C4=CC(=O)C=CC4(C)[C@@]3(F)C(O)CC12C.O=C(O)c1ccco1. The van der Waals surface area contributed by atoms with E-state index in [1.54, 1.807) is 13.0 Å². The minimum atomic E-state index is -1.93. The summed E-state index contributed by atoms with van der Waals surface area (Å²) >= 11 is 1.03. The molecule has 0 saturated heterocycles. The van der Waals surface area contributed by atoms with Crippen molar-refractivity contribution in [3.63, 3.8) is 0 Å². The number of aliphatic hydroxyl groups is 1. The first kappa shape index (κ1) is 35.1. The lowest BCUT2D eigenvalue weighted by atomic mass is 9.45. The molecule has 0 amide bonds. The number of hydrogen-bond donors (Lipinski definition) is 2. The Morgan fingerprint density at radius 1 is 1.24 bits per heavy atom. The molecule has 3 fully saturated rings. The van der Waals surface area contributed by atoms with Crippen LogP contribution in [0.4, 0.5) is 8.78 Å². The van der Waals surface area contributed by atoms with Crippen molar-refractivity contribution in [2.24, 2.45) is 28.6 Å². The van der Waals surface area contributed by atoms with Crippen LogP contribution >= 0.6 is 21.0 Å². The van der Waals surface area contributed by atoms with Crippen molar-refractivity contribution in [3.8, 4) is 12.0 Å². The van der Waals surface area contributed by atoms with Gasteiger partial charge in [0.25, 0.3) is 0 Å². The van der Waals surface area contributed by atoms with E-state index >= 15 is 4.39 Å². The van der Waals surface area contributed by atoms with E-state index in [1.165, 1.54) is 44.4 Å². The number of ketones is 1. The minimum absolute atomic E-state index is 0.0231. The summed E-state index contributed by atoms with van der Waals surface area (Å²) in [5, 5.41) is 19.5. The van der Waals surface area contributed by atoms with Gasteiger partial charge in [0.1, 0.15) is 11.8 Å². The summed E-state index contributed by atoms with van der Waals surface area (Å²) in [7, 11) is 2.76. The van der Waals surface area contributed by atoms with Crippen LogP contribution in [0.15, 0.2) is 46.6 Å². The predicted molar refractivity (Wildman–Crippen MR) is 168 cm³/mol. The van der Waals surface area contributed by atoms with Crippen LogP contribution < -0.4 is 0 Å². The monoisotopic (exact) mass is 664 g/mol. The molecule has 2 N–H and O–H groups in total. The van der Waals surface area contributed by atoms with Crippen molar-refractivity contribution in [3.05, 3.63) is 48.0 Å². The average molecular weight is 665 g/mol. The third kappa shape index (κ3) is 6.84. The third-order valence-corrected chi connectivity index (χ3v) is 11.3. The number of thioether (sulfide) groups is 1. The summed E-state index contributed by atoms with van der Waals surface area (Å²) in [6, 6.07) is 2.92. The summed E-state index contributed by atoms with van der Waals surface area (Å²) in [4.78, 5) is 46.8. The topological polar surface area (TPSA) is 131 Å². The van der Waals surface area contributed by atoms with E-state index in [1.807, 2.05) is 6.92 Å². The Morgan fingerprint density at radius 2 is 1.96 bits per heavy atom. The van der Waals surface area contributed by atoms with Gasteiger partial charge in [0.15, 0.2) is 16.6 Å². The van der Waals surface area contributed by atoms with Gasteiger partial charge in [-0.2, -0.15) is 0 Å². The Morgan fingerprint density at radius 3 is 2.56 bits per heavy atom. The second-order valence-electron chi connectivity index (χ2n) is 13.3. The van der Waals surface area contributed by atoms with E-state index in [0.717, 1.165) is 11.8 Å². The van der Waals surface area contributed by atoms with Gasteiger partial charge in [-0.15, -0.1) is 9.24 Å². The number of aromatic carboxylic acids is 1. The minimum Gasteiger partial charge on any atom is -0.475 e. The molecule has 244 valence electrons. The second-order valence-corrected chi connectivity index (χ2v) is 15.0. The molecule has 8 nitrogen and oxygen atoms in total. The Bertz CT molecular complexity index is 1460. The molecule has 12 heteroatoms. The van der Waals surface area contributed by atoms with Crippen LogP contribution in [0.3, 0.4) is 0 Å². The van der Waals surface area contributed by atoms with Crippen LogP contribution in [0, 0.1) is 40.6 Å². The summed E-state index contributed by atoms with van der Waals surface area (Å²) in [6.45, 7) is 6.32. The number of furan rings is 1. The van der Waals surface area contributed by atoms with Gasteiger partial charge in [-0.05, 0) is 99.2 Å².